The first-order valence-electron chi connectivity index (χ1n) is 4.93. The Morgan fingerprint density at radius 1 is 1.20 bits per heavy atom. The van der Waals surface area contributed by atoms with Gasteiger partial charge < -0.3 is 20.3 Å². The van der Waals surface area contributed by atoms with Crippen LogP contribution in [0.3, 0.4) is 0 Å². The number of nitrogens with zero attached hydrogens (tertiary/aromatic N) is 2. The number of hydrogen-bond donors (Lipinski definition) is 1. The van der Waals surface area contributed by atoms with Crippen molar-refractivity contribution in [1.29, 1.82) is 0 Å². The highest BCUT2D eigenvalue weighted by Crippen LogP contribution is 2.04. The molecule has 0 aromatic heterocycles. The molecule has 1 aliphatic rings. The Bertz CT molecular complexity index is 247. The van der Waals surface area contributed by atoms with Gasteiger partial charge in [0.1, 0.15) is 0 Å². The van der Waals surface area contributed by atoms with Crippen LogP contribution in [0.15, 0.2) is 0 Å². The number of amides is 2. The summed E-state index contributed by atoms with van der Waals surface area (Å²) in [7, 11) is 1.35. The van der Waals surface area contributed by atoms with Gasteiger partial charge in [0.2, 0.25) is 5.91 Å². The van der Waals surface area contributed by atoms with E-state index in [0.717, 1.165) is 0 Å². The third-order valence-electron chi connectivity index (χ3n) is 2.41. The lowest BCUT2D eigenvalue weighted by Gasteiger charge is -2.34. The molecule has 0 aromatic carbocycles. The number of methoxy groups -OCH3 is 1. The lowest BCUT2D eigenvalue weighted by molar-refractivity contribution is -0.133. The molecule has 6 nitrogen and oxygen atoms in total. The van der Waals surface area contributed by atoms with Crippen LogP contribution < -0.4 is 5.73 Å². The van der Waals surface area contributed by atoms with Crippen LogP contribution >= 0.6 is 0 Å². The molecule has 1 aliphatic heterocycles. The van der Waals surface area contributed by atoms with Gasteiger partial charge in [-0.25, -0.2) is 4.79 Å². The van der Waals surface area contributed by atoms with Crippen molar-refractivity contribution < 1.29 is 14.3 Å². The molecule has 1 saturated heterocycles. The van der Waals surface area contributed by atoms with E-state index < -0.39 is 6.04 Å². The maximum Gasteiger partial charge on any atom is 0.409 e. The van der Waals surface area contributed by atoms with Crippen molar-refractivity contribution >= 4 is 12.0 Å². The van der Waals surface area contributed by atoms with Crippen molar-refractivity contribution in [2.45, 2.75) is 13.0 Å². The largest absolute Gasteiger partial charge is 0.453 e. The van der Waals surface area contributed by atoms with Crippen LogP contribution in [0, 0.1) is 0 Å². The zero-order chi connectivity index (χ0) is 11.4. The van der Waals surface area contributed by atoms with Crippen molar-refractivity contribution in [1.82, 2.24) is 9.80 Å². The number of carbonyl (C=O) groups is 2. The van der Waals surface area contributed by atoms with E-state index in [2.05, 4.69) is 4.74 Å². The second-order valence-electron chi connectivity index (χ2n) is 3.57. The van der Waals surface area contributed by atoms with E-state index in [4.69, 9.17) is 5.73 Å². The Kier molecular flexibility index (Phi) is 3.90. The molecule has 1 heterocycles. The van der Waals surface area contributed by atoms with E-state index in [1.54, 1.807) is 16.7 Å². The van der Waals surface area contributed by atoms with Gasteiger partial charge in [0, 0.05) is 26.2 Å². The average molecular weight is 215 g/mol. The quantitative estimate of drug-likeness (QED) is 0.624. The summed E-state index contributed by atoms with van der Waals surface area (Å²) in [6.45, 7) is 3.72. The topological polar surface area (TPSA) is 75.9 Å². The number of piperazine rings is 1. The van der Waals surface area contributed by atoms with Crippen molar-refractivity contribution in [3.05, 3.63) is 0 Å². The summed E-state index contributed by atoms with van der Waals surface area (Å²) >= 11 is 0. The molecule has 86 valence electrons. The molecule has 0 saturated carbocycles. The summed E-state index contributed by atoms with van der Waals surface area (Å²) in [4.78, 5) is 25.9. The minimum Gasteiger partial charge on any atom is -0.453 e. The normalized spacial score (nSPS) is 18.6. The van der Waals surface area contributed by atoms with Gasteiger partial charge in [0.25, 0.3) is 0 Å². The minimum atomic E-state index is -0.477. The summed E-state index contributed by atoms with van der Waals surface area (Å²) in [5.41, 5.74) is 5.49. The molecule has 1 fully saturated rings. The van der Waals surface area contributed by atoms with E-state index >= 15 is 0 Å². The fourth-order valence-corrected chi connectivity index (χ4v) is 1.53. The van der Waals surface area contributed by atoms with Gasteiger partial charge in [-0.15, -0.1) is 0 Å². The van der Waals surface area contributed by atoms with Crippen molar-refractivity contribution in [3.63, 3.8) is 0 Å². The molecule has 0 aromatic rings. The number of hydrogen-bond acceptors (Lipinski definition) is 4. The molecule has 6 heteroatoms. The van der Waals surface area contributed by atoms with E-state index in [1.807, 2.05) is 0 Å². The fourth-order valence-electron chi connectivity index (χ4n) is 1.53. The minimum absolute atomic E-state index is 0.0699. The number of rotatable bonds is 1. The van der Waals surface area contributed by atoms with E-state index in [1.165, 1.54) is 7.11 Å². The van der Waals surface area contributed by atoms with E-state index in [0.29, 0.717) is 26.2 Å². The number of carbonyl (C=O) groups excluding carboxylic acids is 2. The van der Waals surface area contributed by atoms with E-state index in [9.17, 15) is 9.59 Å². The summed E-state index contributed by atoms with van der Waals surface area (Å²) < 4.78 is 4.59. The van der Waals surface area contributed by atoms with Gasteiger partial charge in [0.05, 0.1) is 13.2 Å². The highest BCUT2D eigenvalue weighted by molar-refractivity contribution is 5.81. The van der Waals surface area contributed by atoms with Crippen LogP contribution in [0.25, 0.3) is 0 Å². The molecule has 2 N–H and O–H groups in total. The van der Waals surface area contributed by atoms with Crippen LogP contribution in [-0.4, -0.2) is 61.1 Å². The molecule has 1 rings (SSSR count). The molecule has 0 unspecified atom stereocenters. The Morgan fingerprint density at radius 2 is 1.67 bits per heavy atom. The van der Waals surface area contributed by atoms with Gasteiger partial charge in [-0.05, 0) is 6.92 Å². The van der Waals surface area contributed by atoms with Crippen LogP contribution in [0.1, 0.15) is 6.92 Å². The Hall–Kier alpha value is -1.30. The molecule has 0 aliphatic carbocycles. The lowest BCUT2D eigenvalue weighted by Crippen LogP contribution is -2.53. The van der Waals surface area contributed by atoms with Crippen molar-refractivity contribution in [3.8, 4) is 0 Å². The summed E-state index contributed by atoms with van der Waals surface area (Å²) in [6.07, 6.45) is -0.345. The zero-order valence-corrected chi connectivity index (χ0v) is 9.10. The average Bonchev–Trinajstić information content (AvgIpc) is 2.27. The van der Waals surface area contributed by atoms with Gasteiger partial charge in [0.15, 0.2) is 0 Å². The molecule has 0 bridgehead atoms. The predicted octanol–water partition coefficient (Wildman–Crippen LogP) is -0.756. The highest BCUT2D eigenvalue weighted by atomic mass is 16.5. The third kappa shape index (κ3) is 2.82. The molecular weight excluding hydrogens is 198 g/mol. The predicted molar refractivity (Wildman–Crippen MR) is 54.2 cm³/mol. The molecular formula is C9H17N3O3. The third-order valence-corrected chi connectivity index (χ3v) is 2.41. The maximum atomic E-state index is 11.5. The van der Waals surface area contributed by atoms with Crippen LogP contribution in [0.2, 0.25) is 0 Å². The SMILES string of the molecule is COC(=O)N1CCN(C(=O)[C@@H](C)N)CC1. The first-order chi connectivity index (χ1) is 7.06. The van der Waals surface area contributed by atoms with Crippen LogP contribution in [0.4, 0.5) is 4.79 Å². The first-order valence-corrected chi connectivity index (χ1v) is 4.93. The monoisotopic (exact) mass is 215 g/mol. The van der Waals surface area contributed by atoms with Gasteiger partial charge in [-0.2, -0.15) is 0 Å². The van der Waals surface area contributed by atoms with Gasteiger partial charge in [-0.1, -0.05) is 0 Å². The van der Waals surface area contributed by atoms with Crippen LogP contribution in [0.5, 0.6) is 0 Å². The molecule has 1 atom stereocenters. The second kappa shape index (κ2) is 4.97. The Morgan fingerprint density at radius 3 is 2.07 bits per heavy atom. The fraction of sp³-hybridized carbons (Fsp3) is 0.778. The van der Waals surface area contributed by atoms with Gasteiger partial charge in [-0.3, -0.25) is 4.79 Å². The standard InChI is InChI=1S/C9H17N3O3/c1-7(10)8(13)11-3-5-12(6-4-11)9(14)15-2/h7H,3-6,10H2,1-2H3/t7-/m1/s1. The Labute approximate surface area is 88.9 Å². The number of nitrogens with two attached hydrogens (primary N) is 1. The molecule has 0 radical (unpaired) electrons. The maximum absolute atomic E-state index is 11.5. The first kappa shape index (κ1) is 11.8. The highest BCUT2D eigenvalue weighted by Gasteiger charge is 2.25. The summed E-state index contributed by atoms with van der Waals surface area (Å²) in [5.74, 6) is -0.0699. The zero-order valence-electron chi connectivity index (χ0n) is 9.10. The second-order valence-corrected chi connectivity index (χ2v) is 3.57. The molecule has 15 heavy (non-hydrogen) atoms. The van der Waals surface area contributed by atoms with Crippen molar-refractivity contribution in [2.75, 3.05) is 33.3 Å². The molecule has 2 amide bonds. The van der Waals surface area contributed by atoms with E-state index in [-0.39, 0.29) is 12.0 Å². The molecule has 0 spiro atoms. The smallest absolute Gasteiger partial charge is 0.409 e. The summed E-state index contributed by atoms with van der Waals surface area (Å²) in [5, 5.41) is 0. The Balaban J connectivity index is 2.42. The number of ether oxygens (including phenoxy) is 1. The lowest BCUT2D eigenvalue weighted by atomic mass is 10.2. The summed E-state index contributed by atoms with van der Waals surface area (Å²) in [6, 6.07) is -0.477. The van der Waals surface area contributed by atoms with Crippen molar-refractivity contribution in [2.24, 2.45) is 5.73 Å². The van der Waals surface area contributed by atoms with Crippen LogP contribution in [-0.2, 0) is 9.53 Å². The van der Waals surface area contributed by atoms with Gasteiger partial charge >= 0.3 is 6.09 Å².